The molecule has 4 fully saturated rings. The van der Waals surface area contributed by atoms with Crippen LogP contribution in [0.15, 0.2) is 0 Å². The number of ether oxygens (including phenoxy) is 3. The molecular weight excluding hydrogens is 649 g/mol. The van der Waals surface area contributed by atoms with Gasteiger partial charge in [-0.15, -0.1) is 0 Å². The lowest BCUT2D eigenvalue weighted by Gasteiger charge is -2.60. The van der Waals surface area contributed by atoms with Crippen LogP contribution < -0.4 is 0 Å². The molecule has 0 aliphatic heterocycles. The van der Waals surface area contributed by atoms with E-state index in [9.17, 15) is 14.4 Å². The smallest absolute Gasteiger partial charge is 0.306 e. The maximum absolute atomic E-state index is 13.0. The topological polar surface area (TPSA) is 78.9 Å². The zero-order chi connectivity index (χ0) is 37.2. The van der Waals surface area contributed by atoms with Crippen LogP contribution in [0.3, 0.4) is 0 Å². The second-order valence-corrected chi connectivity index (χ2v) is 18.3. The van der Waals surface area contributed by atoms with Crippen molar-refractivity contribution in [3.05, 3.63) is 0 Å². The van der Waals surface area contributed by atoms with E-state index >= 15 is 0 Å². The summed E-state index contributed by atoms with van der Waals surface area (Å²) < 4.78 is 16.9. The monoisotopic (exact) mass is 729 g/mol. The normalized spacial score (nSPS) is 30.1. The van der Waals surface area contributed by atoms with Gasteiger partial charge in [0.1, 0.15) is 13.2 Å². The molecule has 4 aliphatic rings. The van der Waals surface area contributed by atoms with Crippen molar-refractivity contribution in [2.45, 2.75) is 220 Å². The van der Waals surface area contributed by atoms with Gasteiger partial charge < -0.3 is 14.2 Å². The fourth-order valence-electron chi connectivity index (χ4n) is 11.7. The quantitative estimate of drug-likeness (QED) is 0.0529. The molecule has 8 atom stereocenters. The molecule has 0 aromatic rings. The first-order valence-corrected chi connectivity index (χ1v) is 22.7. The van der Waals surface area contributed by atoms with Gasteiger partial charge in [0.05, 0.1) is 0 Å². The van der Waals surface area contributed by atoms with Gasteiger partial charge in [0.15, 0.2) is 6.10 Å². The van der Waals surface area contributed by atoms with Crippen molar-refractivity contribution in [2.75, 3.05) is 13.2 Å². The summed E-state index contributed by atoms with van der Waals surface area (Å²) in [6.07, 6.45) is 32.2. The summed E-state index contributed by atoms with van der Waals surface area (Å²) in [6, 6.07) is 0. The van der Waals surface area contributed by atoms with E-state index in [0.717, 1.165) is 75.0 Å². The van der Waals surface area contributed by atoms with Crippen LogP contribution in [0, 0.1) is 40.4 Å². The Bertz CT molecular complexity index is 1060. The molecule has 52 heavy (non-hydrogen) atoms. The van der Waals surface area contributed by atoms with Crippen molar-refractivity contribution < 1.29 is 28.6 Å². The second-order valence-electron chi connectivity index (χ2n) is 18.3. The third kappa shape index (κ3) is 12.7. The summed E-state index contributed by atoms with van der Waals surface area (Å²) in [5.74, 6) is 3.53. The molecule has 0 amide bonds. The SMILES string of the molecule is CCCCCCCCCC(=O)OCC(COC(=O)CCC[C@H]1CCC2C3CCC4CCCCC4(C)C3CCC21C)OC(=O)CCCCCCCCC. The average Bonchev–Trinajstić information content (AvgIpc) is 3.47. The number of carbonyl (C=O) groups excluding carboxylic acids is 3. The lowest BCUT2D eigenvalue weighted by Crippen LogP contribution is -2.52. The summed E-state index contributed by atoms with van der Waals surface area (Å²) in [4.78, 5) is 38.2. The minimum absolute atomic E-state index is 0.0572. The zero-order valence-corrected chi connectivity index (χ0v) is 34.3. The second kappa shape index (κ2) is 22.7. The molecule has 4 aliphatic carbocycles. The van der Waals surface area contributed by atoms with Crippen LogP contribution in [0.5, 0.6) is 0 Å². The van der Waals surface area contributed by atoms with Crippen molar-refractivity contribution in [3.63, 3.8) is 0 Å². The number of hydrogen-bond acceptors (Lipinski definition) is 6. The molecular formula is C46H80O6. The fourth-order valence-corrected chi connectivity index (χ4v) is 11.7. The summed E-state index contributed by atoms with van der Waals surface area (Å²) in [7, 11) is 0. The molecule has 7 unspecified atom stereocenters. The van der Waals surface area contributed by atoms with Gasteiger partial charge in [-0.2, -0.15) is 0 Å². The third-order valence-corrected chi connectivity index (χ3v) is 14.8. The lowest BCUT2D eigenvalue weighted by atomic mass is 9.45. The van der Waals surface area contributed by atoms with Crippen LogP contribution >= 0.6 is 0 Å². The number of rotatable bonds is 25. The number of fused-ring (bicyclic) bond motifs is 5. The van der Waals surface area contributed by atoms with Gasteiger partial charge >= 0.3 is 17.9 Å². The summed E-state index contributed by atoms with van der Waals surface area (Å²) in [6.45, 7) is 9.57. The van der Waals surface area contributed by atoms with Crippen molar-refractivity contribution in [3.8, 4) is 0 Å². The maximum Gasteiger partial charge on any atom is 0.306 e. The Morgan fingerprint density at radius 1 is 0.558 bits per heavy atom. The molecule has 0 heterocycles. The summed E-state index contributed by atoms with van der Waals surface area (Å²) >= 11 is 0. The first-order valence-electron chi connectivity index (χ1n) is 22.7. The molecule has 0 radical (unpaired) electrons. The predicted molar refractivity (Wildman–Crippen MR) is 211 cm³/mol. The zero-order valence-electron chi connectivity index (χ0n) is 34.3. The van der Waals surface area contributed by atoms with Crippen LogP contribution in [0.4, 0.5) is 0 Å². The Morgan fingerprint density at radius 2 is 1.12 bits per heavy atom. The van der Waals surface area contributed by atoms with Gasteiger partial charge in [-0.1, -0.05) is 118 Å². The Hall–Kier alpha value is -1.59. The first kappa shape index (κ1) is 43.1. The maximum atomic E-state index is 13.0. The van der Waals surface area contributed by atoms with Crippen molar-refractivity contribution in [1.82, 2.24) is 0 Å². The molecule has 4 saturated carbocycles. The van der Waals surface area contributed by atoms with E-state index in [2.05, 4.69) is 27.7 Å². The molecule has 6 heteroatoms. The van der Waals surface area contributed by atoms with Crippen LogP contribution in [0.2, 0.25) is 0 Å². The van der Waals surface area contributed by atoms with Gasteiger partial charge in [0.2, 0.25) is 0 Å². The van der Waals surface area contributed by atoms with Gasteiger partial charge in [-0.25, -0.2) is 0 Å². The molecule has 6 nitrogen and oxygen atoms in total. The van der Waals surface area contributed by atoms with E-state index in [1.54, 1.807) is 0 Å². The minimum Gasteiger partial charge on any atom is -0.462 e. The number of carbonyl (C=O) groups is 3. The third-order valence-electron chi connectivity index (χ3n) is 14.8. The molecule has 300 valence electrons. The van der Waals surface area contributed by atoms with E-state index in [0.29, 0.717) is 36.0 Å². The Morgan fingerprint density at radius 3 is 1.75 bits per heavy atom. The highest BCUT2D eigenvalue weighted by Crippen LogP contribution is 2.67. The molecule has 0 bridgehead atoms. The number of esters is 3. The fraction of sp³-hybridized carbons (Fsp3) is 0.935. The largest absolute Gasteiger partial charge is 0.462 e. The van der Waals surface area contributed by atoms with E-state index in [1.807, 2.05) is 0 Å². The highest BCUT2D eigenvalue weighted by Gasteiger charge is 2.59. The van der Waals surface area contributed by atoms with Crippen LogP contribution in [-0.2, 0) is 28.6 Å². The molecule has 0 N–H and O–H groups in total. The Labute approximate surface area is 319 Å². The average molecular weight is 729 g/mol. The van der Waals surface area contributed by atoms with Crippen molar-refractivity contribution in [1.29, 1.82) is 0 Å². The predicted octanol–water partition coefficient (Wildman–Crippen LogP) is 12.5. The van der Waals surface area contributed by atoms with E-state index in [1.165, 1.54) is 116 Å². The van der Waals surface area contributed by atoms with Crippen molar-refractivity contribution >= 4 is 17.9 Å². The van der Waals surface area contributed by atoms with Gasteiger partial charge in [0, 0.05) is 19.3 Å². The molecule has 0 aromatic carbocycles. The van der Waals surface area contributed by atoms with Gasteiger partial charge in [0.25, 0.3) is 0 Å². The van der Waals surface area contributed by atoms with Gasteiger partial charge in [-0.3, -0.25) is 14.4 Å². The number of unbranched alkanes of at least 4 members (excludes halogenated alkanes) is 12. The van der Waals surface area contributed by atoms with Crippen LogP contribution in [0.1, 0.15) is 214 Å². The Balaban J connectivity index is 1.18. The van der Waals surface area contributed by atoms with E-state index in [-0.39, 0.29) is 31.1 Å². The van der Waals surface area contributed by atoms with Crippen LogP contribution in [0.25, 0.3) is 0 Å². The van der Waals surface area contributed by atoms with Crippen LogP contribution in [-0.4, -0.2) is 37.2 Å². The number of hydrogen-bond donors (Lipinski definition) is 0. The van der Waals surface area contributed by atoms with E-state index < -0.39 is 6.10 Å². The summed E-state index contributed by atoms with van der Waals surface area (Å²) in [5, 5.41) is 0. The Kier molecular flexibility index (Phi) is 18.8. The standard InChI is InChI=1S/C46H80O6/c1-5-7-9-11-13-15-17-24-42(47)50-34-38(52-44(49)25-18-16-14-12-10-8-6-2)35-51-43(48)26-21-23-37-28-30-40-39-29-27-36-22-19-20-32-45(36,3)41(39)31-33-46(37,40)4/h36-41H,5-35H2,1-4H3/t36?,37-,38?,39?,40?,41?,45?,46?/m0/s1. The summed E-state index contributed by atoms with van der Waals surface area (Å²) in [5.41, 5.74) is 0.993. The molecule has 0 saturated heterocycles. The minimum atomic E-state index is -0.759. The molecule has 0 spiro atoms. The lowest BCUT2D eigenvalue weighted by molar-refractivity contribution is -0.167. The first-order chi connectivity index (χ1) is 25.2. The van der Waals surface area contributed by atoms with Gasteiger partial charge in [-0.05, 0) is 117 Å². The molecule has 0 aromatic heterocycles. The molecule has 4 rings (SSSR count). The highest BCUT2D eigenvalue weighted by molar-refractivity contribution is 5.71. The van der Waals surface area contributed by atoms with E-state index in [4.69, 9.17) is 14.2 Å². The highest BCUT2D eigenvalue weighted by atomic mass is 16.6. The van der Waals surface area contributed by atoms with Crippen molar-refractivity contribution in [2.24, 2.45) is 40.4 Å².